The summed E-state index contributed by atoms with van der Waals surface area (Å²) in [5, 5.41) is 13.6. The summed E-state index contributed by atoms with van der Waals surface area (Å²) < 4.78 is 1.12. The molecule has 0 atom stereocenters. The lowest BCUT2D eigenvalue weighted by Crippen LogP contribution is -2.37. The number of para-hydroxylation sites is 1. The van der Waals surface area contributed by atoms with Crippen LogP contribution in [0.25, 0.3) is 43.2 Å². The van der Waals surface area contributed by atoms with Crippen LogP contribution in [0.1, 0.15) is 76.0 Å². The van der Waals surface area contributed by atoms with E-state index >= 15 is 0 Å². The van der Waals surface area contributed by atoms with Gasteiger partial charge in [0, 0.05) is 17.3 Å². The molecule has 3 nitrogen and oxygen atoms in total. The number of aromatic nitrogens is 2. The van der Waals surface area contributed by atoms with Gasteiger partial charge in [0.25, 0.3) is 0 Å². The van der Waals surface area contributed by atoms with Crippen LogP contribution in [0.4, 0.5) is 0 Å². The number of aromatic hydroxyl groups is 1. The van der Waals surface area contributed by atoms with E-state index in [9.17, 15) is 5.11 Å². The summed E-state index contributed by atoms with van der Waals surface area (Å²) in [6.07, 6.45) is 1.96. The number of benzene rings is 3. The Hall–Kier alpha value is -3.28. The van der Waals surface area contributed by atoms with Crippen molar-refractivity contribution in [1.29, 1.82) is 0 Å². The van der Waals surface area contributed by atoms with Crippen molar-refractivity contribution in [3.63, 3.8) is 0 Å². The maximum absolute atomic E-state index is 11.3. The minimum Gasteiger partial charge on any atom is -0.507 e. The zero-order chi connectivity index (χ0) is 29.6. The third-order valence-electron chi connectivity index (χ3n) is 7.95. The van der Waals surface area contributed by atoms with Crippen LogP contribution in [0.2, 0.25) is 19.6 Å². The maximum Gasteiger partial charge on any atom is 0.129 e. The van der Waals surface area contributed by atoms with Gasteiger partial charge >= 0.3 is 0 Å². The average Bonchev–Trinajstić information content (AvgIpc) is 3.36. The number of nitrogens with zero attached hydrogens (tertiary/aromatic N) is 2. The van der Waals surface area contributed by atoms with Crippen LogP contribution < -0.4 is 5.19 Å². The van der Waals surface area contributed by atoms with Crippen LogP contribution in [0.5, 0.6) is 5.75 Å². The zero-order valence-electron chi connectivity index (χ0n) is 25.8. The van der Waals surface area contributed by atoms with Crippen molar-refractivity contribution in [3.8, 4) is 38.7 Å². The molecule has 41 heavy (non-hydrogen) atoms. The smallest absolute Gasteiger partial charge is 0.129 e. The number of hydrogen-bond donors (Lipinski definition) is 1. The summed E-state index contributed by atoms with van der Waals surface area (Å²) in [5.41, 5.74) is 9.72. The van der Waals surface area contributed by atoms with Gasteiger partial charge in [0.1, 0.15) is 10.8 Å². The molecule has 2 heterocycles. The van der Waals surface area contributed by atoms with Crippen molar-refractivity contribution in [2.45, 2.75) is 78.9 Å². The molecule has 0 unspecified atom stereocenters. The van der Waals surface area contributed by atoms with Gasteiger partial charge in [-0.05, 0) is 76.4 Å². The SMILES string of the molecule is CC(C)c1cc(-c2cc([Si](C)(C)C)ccn2)cc(-c2cccc3sc(-c4cc(C(C)C)cc(C(C)C)c4O)nc23)c1. The molecule has 0 fully saturated rings. The molecule has 5 heteroatoms. The van der Waals surface area contributed by atoms with Crippen molar-refractivity contribution >= 4 is 34.8 Å². The Balaban J connectivity index is 1.69. The number of phenolic OH excluding ortho intramolecular Hbond substituents is 1. The number of rotatable bonds is 7. The first-order valence-corrected chi connectivity index (χ1v) is 19.0. The Bertz CT molecular complexity index is 1730. The molecular weight excluding hydrogens is 537 g/mol. The van der Waals surface area contributed by atoms with E-state index in [4.69, 9.17) is 9.97 Å². The van der Waals surface area contributed by atoms with E-state index in [-0.39, 0.29) is 5.92 Å². The molecule has 0 bridgehead atoms. The molecule has 0 aliphatic carbocycles. The molecule has 5 aromatic rings. The monoisotopic (exact) mass is 578 g/mol. The molecule has 0 radical (unpaired) electrons. The minimum absolute atomic E-state index is 0.225. The number of fused-ring (bicyclic) bond motifs is 1. The summed E-state index contributed by atoms with van der Waals surface area (Å²) in [4.78, 5) is 9.99. The summed E-state index contributed by atoms with van der Waals surface area (Å²) in [7, 11) is -1.47. The van der Waals surface area contributed by atoms with Crippen molar-refractivity contribution < 1.29 is 5.11 Å². The highest BCUT2D eigenvalue weighted by atomic mass is 32.1. The molecule has 2 aromatic heterocycles. The number of hydrogen-bond acceptors (Lipinski definition) is 4. The first-order valence-electron chi connectivity index (χ1n) is 14.7. The molecular formula is C36H42N2OSSi. The summed E-state index contributed by atoms with van der Waals surface area (Å²) in [6.45, 7) is 20.3. The Morgan fingerprint density at radius 3 is 2.07 bits per heavy atom. The van der Waals surface area contributed by atoms with Crippen molar-refractivity contribution in [1.82, 2.24) is 9.97 Å². The fraction of sp³-hybridized carbons (Fsp3) is 0.333. The lowest BCUT2D eigenvalue weighted by atomic mass is 9.92. The van der Waals surface area contributed by atoms with Crippen molar-refractivity contribution in [3.05, 3.63) is 83.6 Å². The molecule has 0 spiro atoms. The molecule has 0 amide bonds. The lowest BCUT2D eigenvalue weighted by molar-refractivity contribution is 0.466. The van der Waals surface area contributed by atoms with Gasteiger partial charge in [-0.3, -0.25) is 4.98 Å². The van der Waals surface area contributed by atoms with Gasteiger partial charge < -0.3 is 5.11 Å². The molecule has 5 rings (SSSR count). The highest BCUT2D eigenvalue weighted by molar-refractivity contribution is 7.21. The Kier molecular flexibility index (Phi) is 7.97. The number of phenols is 1. The minimum atomic E-state index is -1.47. The van der Waals surface area contributed by atoms with E-state index in [1.165, 1.54) is 16.3 Å². The van der Waals surface area contributed by atoms with Crippen LogP contribution in [0.3, 0.4) is 0 Å². The van der Waals surface area contributed by atoms with Gasteiger partial charge in [0.2, 0.25) is 0 Å². The highest BCUT2D eigenvalue weighted by Crippen LogP contribution is 2.43. The second-order valence-corrected chi connectivity index (χ2v) is 19.3. The molecule has 0 saturated carbocycles. The second kappa shape index (κ2) is 11.2. The zero-order valence-corrected chi connectivity index (χ0v) is 27.6. The summed E-state index contributed by atoms with van der Waals surface area (Å²) in [5.74, 6) is 1.32. The largest absolute Gasteiger partial charge is 0.507 e. The Morgan fingerprint density at radius 2 is 1.41 bits per heavy atom. The average molecular weight is 579 g/mol. The van der Waals surface area contributed by atoms with Gasteiger partial charge in [0.15, 0.2) is 0 Å². The van der Waals surface area contributed by atoms with E-state index in [1.54, 1.807) is 11.3 Å². The van der Waals surface area contributed by atoms with Gasteiger partial charge in [-0.2, -0.15) is 0 Å². The lowest BCUT2D eigenvalue weighted by Gasteiger charge is -2.18. The standard InChI is InChI=1S/C36H42N2OSSi/c1-21(2)24-15-26(17-27(16-24)32-20-28(13-14-37-32)41(7,8)9)29-11-10-12-33-34(29)38-36(40-33)31-19-25(22(3)4)18-30(23(5)6)35(31)39/h10-23,39H,1-9H3. The third kappa shape index (κ3) is 5.88. The van der Waals surface area contributed by atoms with E-state index < -0.39 is 8.07 Å². The molecule has 0 saturated heterocycles. The van der Waals surface area contributed by atoms with E-state index in [2.05, 4.69) is 122 Å². The molecule has 1 N–H and O–H groups in total. The van der Waals surface area contributed by atoms with E-state index in [1.807, 2.05) is 6.20 Å². The van der Waals surface area contributed by atoms with Gasteiger partial charge in [-0.25, -0.2) is 4.98 Å². The van der Waals surface area contributed by atoms with Crippen molar-refractivity contribution in [2.75, 3.05) is 0 Å². The fourth-order valence-corrected chi connectivity index (χ4v) is 7.41. The van der Waals surface area contributed by atoms with Crippen LogP contribution in [0.15, 0.2) is 66.9 Å². The summed E-state index contributed by atoms with van der Waals surface area (Å²) in [6, 6.07) is 22.0. The Labute approximate surface area is 250 Å². The number of pyridine rings is 1. The third-order valence-corrected chi connectivity index (χ3v) is 11.1. The predicted octanol–water partition coefficient (Wildman–Crippen LogP) is 10.3. The van der Waals surface area contributed by atoms with Crippen LogP contribution >= 0.6 is 11.3 Å². The van der Waals surface area contributed by atoms with Gasteiger partial charge in [-0.1, -0.05) is 90.6 Å². The van der Waals surface area contributed by atoms with Crippen LogP contribution in [-0.4, -0.2) is 23.1 Å². The molecule has 0 aliphatic heterocycles. The predicted molar refractivity (Wildman–Crippen MR) is 181 cm³/mol. The highest BCUT2D eigenvalue weighted by Gasteiger charge is 2.21. The van der Waals surface area contributed by atoms with E-state index in [0.717, 1.165) is 48.7 Å². The quantitative estimate of drug-likeness (QED) is 0.195. The first-order chi connectivity index (χ1) is 19.3. The van der Waals surface area contributed by atoms with Gasteiger partial charge in [0.05, 0.1) is 29.5 Å². The molecule has 212 valence electrons. The molecule has 0 aliphatic rings. The topological polar surface area (TPSA) is 46.0 Å². The molecule has 3 aromatic carbocycles. The van der Waals surface area contributed by atoms with Gasteiger partial charge in [-0.15, -0.1) is 11.3 Å². The number of thiazole rings is 1. The van der Waals surface area contributed by atoms with Crippen LogP contribution in [0, 0.1) is 0 Å². The van der Waals surface area contributed by atoms with E-state index in [0.29, 0.717) is 17.6 Å². The van der Waals surface area contributed by atoms with Crippen LogP contribution in [-0.2, 0) is 0 Å². The fourth-order valence-electron chi connectivity index (χ4n) is 5.26. The first kappa shape index (κ1) is 29.2. The Morgan fingerprint density at radius 1 is 0.732 bits per heavy atom. The normalized spacial score (nSPS) is 12.3. The van der Waals surface area contributed by atoms with Crippen molar-refractivity contribution in [2.24, 2.45) is 0 Å². The summed E-state index contributed by atoms with van der Waals surface area (Å²) >= 11 is 1.65. The maximum atomic E-state index is 11.3. The second-order valence-electron chi connectivity index (χ2n) is 13.2.